The van der Waals surface area contributed by atoms with Crippen molar-refractivity contribution in [1.82, 2.24) is 9.78 Å². The lowest BCUT2D eigenvalue weighted by Crippen LogP contribution is -2.02. The zero-order chi connectivity index (χ0) is 13.1. The summed E-state index contributed by atoms with van der Waals surface area (Å²) in [5.74, 6) is 0.450. The van der Waals surface area contributed by atoms with Crippen LogP contribution in [0.2, 0.25) is 5.02 Å². The summed E-state index contributed by atoms with van der Waals surface area (Å²) in [6.45, 7) is 1.81. The molecule has 0 aliphatic rings. The summed E-state index contributed by atoms with van der Waals surface area (Å²) < 4.78 is 7.30. The minimum atomic E-state index is -0.0754. The van der Waals surface area contributed by atoms with E-state index in [4.69, 9.17) is 16.3 Å². The van der Waals surface area contributed by atoms with Crippen LogP contribution in [0.1, 0.15) is 23.0 Å². The highest BCUT2D eigenvalue weighted by molar-refractivity contribution is 6.31. The summed E-state index contributed by atoms with van der Waals surface area (Å²) in [5, 5.41) is 4.72. The number of nitrogens with zero attached hydrogens (tertiary/aromatic N) is 2. The lowest BCUT2D eigenvalue weighted by molar-refractivity contribution is 0.101. The lowest BCUT2D eigenvalue weighted by Gasteiger charge is -2.08. The maximum Gasteiger partial charge on any atom is 0.163 e. The maximum absolute atomic E-state index is 11.5. The summed E-state index contributed by atoms with van der Waals surface area (Å²) >= 11 is 5.86. The Kier molecular flexibility index (Phi) is 3.67. The normalized spacial score (nSPS) is 10.4. The summed E-state index contributed by atoms with van der Waals surface area (Å²) in [6.07, 6.45) is 1.84. The van der Waals surface area contributed by atoms with Gasteiger partial charge in [-0.1, -0.05) is 11.6 Å². The van der Waals surface area contributed by atoms with Gasteiger partial charge in [-0.15, -0.1) is 0 Å². The van der Waals surface area contributed by atoms with Gasteiger partial charge in [0.05, 0.1) is 11.3 Å². The van der Waals surface area contributed by atoms with Crippen molar-refractivity contribution in [3.63, 3.8) is 0 Å². The van der Waals surface area contributed by atoms with Gasteiger partial charge in [0, 0.05) is 18.3 Å². The SMILES string of the molecule is CC(=O)c1cc(Cl)ccc1OCc1ccn(C)n1. The molecule has 0 fully saturated rings. The summed E-state index contributed by atoms with van der Waals surface area (Å²) in [4.78, 5) is 11.5. The first kappa shape index (κ1) is 12.6. The number of halogens is 1. The molecule has 0 N–H and O–H groups in total. The van der Waals surface area contributed by atoms with Crippen LogP contribution in [0, 0.1) is 0 Å². The molecule has 1 aromatic heterocycles. The Morgan fingerprint density at radius 2 is 2.22 bits per heavy atom. The second-order valence-corrected chi connectivity index (χ2v) is 4.40. The molecule has 0 atom stereocenters. The molecular formula is C13H13ClN2O2. The molecule has 1 heterocycles. The van der Waals surface area contributed by atoms with Gasteiger partial charge in [0.2, 0.25) is 0 Å². The smallest absolute Gasteiger partial charge is 0.163 e. The molecule has 0 unspecified atom stereocenters. The van der Waals surface area contributed by atoms with Crippen molar-refractivity contribution in [3.05, 3.63) is 46.7 Å². The topological polar surface area (TPSA) is 44.1 Å². The van der Waals surface area contributed by atoms with E-state index >= 15 is 0 Å². The molecule has 18 heavy (non-hydrogen) atoms. The van der Waals surface area contributed by atoms with Crippen molar-refractivity contribution in [2.45, 2.75) is 13.5 Å². The van der Waals surface area contributed by atoms with Crippen LogP contribution in [-0.4, -0.2) is 15.6 Å². The van der Waals surface area contributed by atoms with Crippen molar-refractivity contribution in [2.24, 2.45) is 7.05 Å². The molecule has 0 saturated heterocycles. The number of carbonyl (C=O) groups is 1. The van der Waals surface area contributed by atoms with E-state index < -0.39 is 0 Å². The third-order valence-electron chi connectivity index (χ3n) is 2.47. The van der Waals surface area contributed by atoms with Crippen molar-refractivity contribution in [1.29, 1.82) is 0 Å². The van der Waals surface area contributed by atoms with Crippen LogP contribution in [0.5, 0.6) is 5.75 Å². The molecule has 0 bridgehead atoms. The summed E-state index contributed by atoms with van der Waals surface area (Å²) in [7, 11) is 1.84. The van der Waals surface area contributed by atoms with Crippen molar-refractivity contribution < 1.29 is 9.53 Å². The number of Topliss-reactive ketones (excluding diaryl/α,β-unsaturated/α-hetero) is 1. The van der Waals surface area contributed by atoms with Gasteiger partial charge in [-0.3, -0.25) is 9.48 Å². The molecular weight excluding hydrogens is 252 g/mol. The van der Waals surface area contributed by atoms with Gasteiger partial charge in [0.25, 0.3) is 0 Å². The molecule has 0 aliphatic heterocycles. The molecule has 1 aromatic carbocycles. The fourth-order valence-corrected chi connectivity index (χ4v) is 1.77. The monoisotopic (exact) mass is 264 g/mol. The first-order valence-corrected chi connectivity index (χ1v) is 5.86. The van der Waals surface area contributed by atoms with Gasteiger partial charge < -0.3 is 4.74 Å². The average Bonchev–Trinajstić information content (AvgIpc) is 2.73. The third-order valence-corrected chi connectivity index (χ3v) is 2.70. The minimum absolute atomic E-state index is 0.0754. The quantitative estimate of drug-likeness (QED) is 0.798. The number of benzene rings is 1. The van der Waals surface area contributed by atoms with E-state index in [1.165, 1.54) is 6.92 Å². The zero-order valence-corrected chi connectivity index (χ0v) is 10.9. The number of aromatic nitrogens is 2. The van der Waals surface area contributed by atoms with Crippen LogP contribution >= 0.6 is 11.6 Å². The Morgan fingerprint density at radius 1 is 1.44 bits per heavy atom. The van der Waals surface area contributed by atoms with E-state index in [-0.39, 0.29) is 5.78 Å². The highest BCUT2D eigenvalue weighted by atomic mass is 35.5. The van der Waals surface area contributed by atoms with E-state index in [0.717, 1.165) is 5.69 Å². The number of rotatable bonds is 4. The molecule has 2 aromatic rings. The van der Waals surface area contributed by atoms with Gasteiger partial charge in [-0.2, -0.15) is 5.10 Å². The van der Waals surface area contributed by atoms with Crippen LogP contribution in [-0.2, 0) is 13.7 Å². The Morgan fingerprint density at radius 3 is 2.83 bits per heavy atom. The Bertz CT molecular complexity index is 578. The number of ketones is 1. The Balaban J connectivity index is 2.16. The van der Waals surface area contributed by atoms with E-state index in [1.54, 1.807) is 22.9 Å². The van der Waals surface area contributed by atoms with Crippen LogP contribution in [0.25, 0.3) is 0 Å². The third kappa shape index (κ3) is 2.90. The van der Waals surface area contributed by atoms with Crippen molar-refractivity contribution in [3.8, 4) is 5.75 Å². The molecule has 2 rings (SSSR count). The molecule has 0 aliphatic carbocycles. The zero-order valence-electron chi connectivity index (χ0n) is 10.2. The van der Waals surface area contributed by atoms with Gasteiger partial charge in [-0.25, -0.2) is 0 Å². The van der Waals surface area contributed by atoms with E-state index in [0.29, 0.717) is 22.9 Å². The van der Waals surface area contributed by atoms with Gasteiger partial charge in [0.1, 0.15) is 12.4 Å². The number of aryl methyl sites for hydroxylation is 1. The molecule has 94 valence electrons. The standard InChI is InChI=1S/C13H13ClN2O2/c1-9(17)12-7-10(14)3-4-13(12)18-8-11-5-6-16(2)15-11/h3-7H,8H2,1-2H3. The van der Waals surface area contributed by atoms with E-state index in [2.05, 4.69) is 5.10 Å². The fraction of sp³-hybridized carbons (Fsp3) is 0.231. The second-order valence-electron chi connectivity index (χ2n) is 3.97. The molecule has 0 saturated carbocycles. The van der Waals surface area contributed by atoms with Crippen LogP contribution < -0.4 is 4.74 Å². The van der Waals surface area contributed by atoms with Crippen LogP contribution in [0.4, 0.5) is 0 Å². The highest BCUT2D eigenvalue weighted by Crippen LogP contribution is 2.24. The lowest BCUT2D eigenvalue weighted by atomic mass is 10.1. The van der Waals surface area contributed by atoms with Gasteiger partial charge in [0.15, 0.2) is 5.78 Å². The van der Waals surface area contributed by atoms with E-state index in [9.17, 15) is 4.79 Å². The van der Waals surface area contributed by atoms with Crippen molar-refractivity contribution in [2.75, 3.05) is 0 Å². The fourth-order valence-electron chi connectivity index (χ4n) is 1.60. The van der Waals surface area contributed by atoms with Gasteiger partial charge in [-0.05, 0) is 31.2 Å². The average molecular weight is 265 g/mol. The molecule has 5 heteroatoms. The number of carbonyl (C=O) groups excluding carboxylic acids is 1. The number of hydrogen-bond donors (Lipinski definition) is 0. The Hall–Kier alpha value is -1.81. The van der Waals surface area contributed by atoms with Crippen molar-refractivity contribution >= 4 is 17.4 Å². The predicted octanol–water partition coefficient (Wildman–Crippen LogP) is 2.86. The number of hydrogen-bond acceptors (Lipinski definition) is 3. The summed E-state index contributed by atoms with van der Waals surface area (Å²) in [5.41, 5.74) is 1.29. The maximum atomic E-state index is 11.5. The first-order valence-electron chi connectivity index (χ1n) is 5.48. The van der Waals surface area contributed by atoms with Crippen LogP contribution in [0.3, 0.4) is 0 Å². The van der Waals surface area contributed by atoms with Crippen LogP contribution in [0.15, 0.2) is 30.5 Å². The predicted molar refractivity (Wildman–Crippen MR) is 69.0 cm³/mol. The van der Waals surface area contributed by atoms with E-state index in [1.807, 2.05) is 19.3 Å². The molecule has 4 nitrogen and oxygen atoms in total. The largest absolute Gasteiger partial charge is 0.486 e. The summed E-state index contributed by atoms with van der Waals surface area (Å²) in [6, 6.07) is 6.87. The molecule has 0 amide bonds. The molecule has 0 spiro atoms. The second kappa shape index (κ2) is 5.23. The first-order chi connectivity index (χ1) is 8.56. The Labute approximate surface area is 110 Å². The molecule has 0 radical (unpaired) electrons. The number of ether oxygens (including phenoxy) is 1. The highest BCUT2D eigenvalue weighted by Gasteiger charge is 2.10. The van der Waals surface area contributed by atoms with Gasteiger partial charge >= 0.3 is 0 Å². The minimum Gasteiger partial charge on any atom is -0.486 e.